The smallest absolute Gasteiger partial charge is 0.337 e. The summed E-state index contributed by atoms with van der Waals surface area (Å²) >= 11 is 1.47. The van der Waals surface area contributed by atoms with Crippen LogP contribution in [0.1, 0.15) is 32.2 Å². The summed E-state index contributed by atoms with van der Waals surface area (Å²) in [6, 6.07) is -0.108. The number of thiazole rings is 1. The first kappa shape index (κ1) is 26.6. The summed E-state index contributed by atoms with van der Waals surface area (Å²) in [7, 11) is 1.71. The maximum Gasteiger partial charge on any atom is 0.337 e. The van der Waals surface area contributed by atoms with Crippen molar-refractivity contribution < 1.29 is 24.2 Å². The average Bonchev–Trinajstić information content (AvgIpc) is 3.33. The Morgan fingerprint density at radius 2 is 1.97 bits per heavy atom. The van der Waals surface area contributed by atoms with Gasteiger partial charge in [0, 0.05) is 63.6 Å². The summed E-state index contributed by atoms with van der Waals surface area (Å²) in [6.07, 6.45) is 1.71. The van der Waals surface area contributed by atoms with Crippen LogP contribution in [0.3, 0.4) is 0 Å². The quantitative estimate of drug-likeness (QED) is 0.482. The van der Waals surface area contributed by atoms with Crippen molar-refractivity contribution in [3.8, 4) is 0 Å². The number of hydrogen-bond acceptors (Lipinski definition) is 9. The first-order valence-electron chi connectivity index (χ1n) is 11.6. The molecule has 0 aliphatic carbocycles. The van der Waals surface area contributed by atoms with Gasteiger partial charge in [0.1, 0.15) is 0 Å². The van der Waals surface area contributed by atoms with Crippen LogP contribution >= 0.6 is 11.3 Å². The molecule has 11 nitrogen and oxygen atoms in total. The van der Waals surface area contributed by atoms with Crippen LogP contribution in [0.5, 0.6) is 0 Å². The Labute approximate surface area is 209 Å². The van der Waals surface area contributed by atoms with Crippen LogP contribution in [-0.4, -0.2) is 108 Å². The molecule has 3 heterocycles. The molecule has 1 saturated heterocycles. The molecule has 3 rings (SSSR count). The minimum Gasteiger partial charge on any atom is -0.481 e. The van der Waals surface area contributed by atoms with Gasteiger partial charge in [0.15, 0.2) is 10.8 Å². The number of amides is 2. The van der Waals surface area contributed by atoms with Crippen LogP contribution < -0.4 is 5.32 Å². The zero-order valence-electron chi connectivity index (χ0n) is 20.7. The number of hydrogen-bond donors (Lipinski definition) is 2. The molecule has 0 bridgehead atoms. The standard InChI is InChI=1S/C23H34N6O5S/c1-5-34-21(32)16-13-25-19(20-24-6-11-35-20)26-17(16)14-28-7-9-29(10-8-28)22(33)27(4)15-23(2,3)12-18(30)31/h6,11H,5,7-10,12-15H2,1-4H3,(H,25,26)(H,30,31). The number of carboxylic acids is 1. The molecule has 2 aliphatic heterocycles. The van der Waals surface area contributed by atoms with Crippen LogP contribution in [0.2, 0.25) is 0 Å². The minimum absolute atomic E-state index is 0.00437. The number of esters is 1. The molecule has 0 unspecified atom stereocenters. The monoisotopic (exact) mass is 506 g/mol. The second-order valence-electron chi connectivity index (χ2n) is 9.44. The largest absolute Gasteiger partial charge is 0.481 e. The maximum atomic E-state index is 12.9. The Bertz CT molecular complexity index is 983. The van der Waals surface area contributed by atoms with Gasteiger partial charge < -0.3 is 25.0 Å². The first-order valence-corrected chi connectivity index (χ1v) is 12.5. The fourth-order valence-electron chi connectivity index (χ4n) is 4.25. The van der Waals surface area contributed by atoms with Crippen molar-refractivity contribution in [2.24, 2.45) is 10.4 Å². The van der Waals surface area contributed by atoms with Gasteiger partial charge in [-0.15, -0.1) is 11.3 Å². The molecular weight excluding hydrogens is 472 g/mol. The molecule has 12 heteroatoms. The Morgan fingerprint density at radius 3 is 2.57 bits per heavy atom. The van der Waals surface area contributed by atoms with Crippen molar-refractivity contribution in [3.63, 3.8) is 0 Å². The normalized spacial score (nSPS) is 17.0. The summed E-state index contributed by atoms with van der Waals surface area (Å²) < 4.78 is 5.23. The predicted octanol–water partition coefficient (Wildman–Crippen LogP) is 1.48. The number of rotatable bonds is 9. The highest BCUT2D eigenvalue weighted by molar-refractivity contribution is 7.11. The van der Waals surface area contributed by atoms with E-state index in [1.807, 2.05) is 19.2 Å². The van der Waals surface area contributed by atoms with E-state index in [1.54, 1.807) is 30.0 Å². The number of urea groups is 1. The highest BCUT2D eigenvalue weighted by Crippen LogP contribution is 2.22. The minimum atomic E-state index is -0.875. The molecule has 2 N–H and O–H groups in total. The molecule has 0 saturated carbocycles. The number of aromatic nitrogens is 1. The molecule has 2 amide bonds. The van der Waals surface area contributed by atoms with E-state index >= 15 is 0 Å². The molecular formula is C23H34N6O5S. The van der Waals surface area contributed by atoms with Gasteiger partial charge >= 0.3 is 18.0 Å². The van der Waals surface area contributed by atoms with Gasteiger partial charge in [-0.25, -0.2) is 14.6 Å². The molecule has 35 heavy (non-hydrogen) atoms. The van der Waals surface area contributed by atoms with Crippen molar-refractivity contribution in [1.82, 2.24) is 25.0 Å². The number of carbonyl (C=O) groups is 3. The number of piperazine rings is 1. The lowest BCUT2D eigenvalue weighted by Crippen LogP contribution is -2.54. The van der Waals surface area contributed by atoms with Crippen LogP contribution in [0.25, 0.3) is 0 Å². The predicted molar refractivity (Wildman–Crippen MR) is 132 cm³/mol. The van der Waals surface area contributed by atoms with Crippen molar-refractivity contribution >= 4 is 35.1 Å². The number of nitrogens with one attached hydrogen (secondary N) is 1. The zero-order valence-corrected chi connectivity index (χ0v) is 21.6. The molecule has 192 valence electrons. The summed E-state index contributed by atoms with van der Waals surface area (Å²) in [5, 5.41) is 15.0. The fraction of sp³-hybridized carbons (Fsp3) is 0.609. The van der Waals surface area contributed by atoms with Crippen LogP contribution in [0.4, 0.5) is 4.79 Å². The van der Waals surface area contributed by atoms with Crippen molar-refractivity contribution in [3.05, 3.63) is 27.9 Å². The third kappa shape index (κ3) is 7.25. The van der Waals surface area contributed by atoms with Crippen LogP contribution in [0, 0.1) is 5.41 Å². The van der Waals surface area contributed by atoms with Crippen LogP contribution in [0.15, 0.2) is 27.8 Å². The number of carboxylic acid groups (broad SMARTS) is 1. The lowest BCUT2D eigenvalue weighted by Gasteiger charge is -2.39. The number of amidine groups is 1. The topological polar surface area (TPSA) is 128 Å². The SMILES string of the molecule is CCOC(=O)C1=C(CN2CCN(C(=O)N(C)CC(C)(C)CC(=O)O)CC2)NC(c2nccs2)=NC1. The molecule has 1 fully saturated rings. The number of nitrogens with zero attached hydrogens (tertiary/aromatic N) is 5. The van der Waals surface area contributed by atoms with E-state index in [2.05, 4.69) is 20.2 Å². The average molecular weight is 507 g/mol. The van der Waals surface area contributed by atoms with E-state index in [9.17, 15) is 14.4 Å². The van der Waals surface area contributed by atoms with E-state index in [1.165, 1.54) is 11.3 Å². The summed E-state index contributed by atoms with van der Waals surface area (Å²) in [5.41, 5.74) is 0.735. The zero-order chi connectivity index (χ0) is 25.6. The number of carbonyl (C=O) groups excluding carboxylic acids is 2. The highest BCUT2D eigenvalue weighted by atomic mass is 32.1. The molecule has 1 aromatic rings. The molecule has 0 spiro atoms. The van der Waals surface area contributed by atoms with Gasteiger partial charge in [0.05, 0.1) is 25.1 Å². The van der Waals surface area contributed by atoms with Crippen molar-refractivity contribution in [2.75, 3.05) is 59.5 Å². The summed E-state index contributed by atoms with van der Waals surface area (Å²) in [4.78, 5) is 50.9. The van der Waals surface area contributed by atoms with E-state index in [4.69, 9.17) is 9.84 Å². The third-order valence-electron chi connectivity index (χ3n) is 5.83. The van der Waals surface area contributed by atoms with E-state index in [0.29, 0.717) is 50.7 Å². The highest BCUT2D eigenvalue weighted by Gasteiger charge is 2.30. The third-order valence-corrected chi connectivity index (χ3v) is 6.61. The molecule has 1 aromatic heterocycles. The Morgan fingerprint density at radius 1 is 1.26 bits per heavy atom. The van der Waals surface area contributed by atoms with Gasteiger partial charge in [-0.3, -0.25) is 14.7 Å². The number of ether oxygens (including phenoxy) is 1. The number of aliphatic carboxylic acids is 1. The Balaban J connectivity index is 1.60. The van der Waals surface area contributed by atoms with E-state index in [-0.39, 0.29) is 31.6 Å². The van der Waals surface area contributed by atoms with Crippen LogP contribution in [-0.2, 0) is 14.3 Å². The maximum absolute atomic E-state index is 12.9. The van der Waals surface area contributed by atoms with E-state index < -0.39 is 11.4 Å². The summed E-state index contributed by atoms with van der Waals surface area (Å²) in [5.74, 6) is -0.612. The van der Waals surface area contributed by atoms with Gasteiger partial charge in [-0.1, -0.05) is 13.8 Å². The summed E-state index contributed by atoms with van der Waals surface area (Å²) in [6.45, 7) is 9.20. The van der Waals surface area contributed by atoms with Crippen molar-refractivity contribution in [1.29, 1.82) is 0 Å². The Kier molecular flexibility index (Phi) is 8.84. The van der Waals surface area contributed by atoms with Gasteiger partial charge in [-0.2, -0.15) is 0 Å². The second kappa shape index (κ2) is 11.6. The number of aliphatic imine (C=N–C) groups is 1. The molecule has 0 aromatic carbocycles. The first-order chi connectivity index (χ1) is 16.6. The second-order valence-corrected chi connectivity index (χ2v) is 10.3. The fourth-order valence-corrected chi connectivity index (χ4v) is 4.85. The van der Waals surface area contributed by atoms with E-state index in [0.717, 1.165) is 10.7 Å². The van der Waals surface area contributed by atoms with Gasteiger partial charge in [-0.05, 0) is 12.3 Å². The molecule has 0 atom stereocenters. The molecule has 0 radical (unpaired) electrons. The van der Waals surface area contributed by atoms with Gasteiger partial charge in [0.25, 0.3) is 0 Å². The lowest BCUT2D eigenvalue weighted by atomic mass is 9.89. The molecule has 2 aliphatic rings. The van der Waals surface area contributed by atoms with Gasteiger partial charge in [0.2, 0.25) is 0 Å². The Hall–Kier alpha value is -2.99. The lowest BCUT2D eigenvalue weighted by molar-refractivity contribution is -0.140. The van der Waals surface area contributed by atoms with Crippen molar-refractivity contribution in [2.45, 2.75) is 27.2 Å².